The first-order chi connectivity index (χ1) is 12.9. The Kier molecular flexibility index (Phi) is 5.58. The highest BCUT2D eigenvalue weighted by Crippen LogP contribution is 2.23. The van der Waals surface area contributed by atoms with E-state index < -0.39 is 18.4 Å². The topological polar surface area (TPSA) is 80.8 Å². The molecule has 8 heteroatoms. The number of rotatable bonds is 5. The van der Waals surface area contributed by atoms with E-state index in [2.05, 4.69) is 0 Å². The zero-order chi connectivity index (χ0) is 19.6. The van der Waals surface area contributed by atoms with Gasteiger partial charge in [-0.2, -0.15) is 0 Å². The molecular weight excluding hydrogens is 393 g/mol. The number of hydrogen-bond donors (Lipinski definition) is 0. The van der Waals surface area contributed by atoms with Gasteiger partial charge in [-0.05, 0) is 42.5 Å². The Morgan fingerprint density at radius 3 is 2.19 bits per heavy atom. The van der Waals surface area contributed by atoms with E-state index in [1.165, 1.54) is 42.5 Å². The molecule has 0 aromatic heterocycles. The summed E-state index contributed by atoms with van der Waals surface area (Å²) in [5.74, 6) is -1.73. The van der Waals surface area contributed by atoms with Crippen molar-refractivity contribution < 1.29 is 23.9 Å². The van der Waals surface area contributed by atoms with Crippen molar-refractivity contribution >= 4 is 52.5 Å². The molecule has 2 amide bonds. The highest BCUT2D eigenvalue weighted by atomic mass is 35.5. The largest absolute Gasteiger partial charge is 0.454 e. The fraction of sp³-hybridized carbons (Fsp3) is 0.158. The minimum Gasteiger partial charge on any atom is -0.454 e. The molecule has 0 radical (unpaired) electrons. The van der Waals surface area contributed by atoms with E-state index in [1.54, 1.807) is 0 Å². The molecule has 0 spiro atoms. The molecule has 0 saturated carbocycles. The maximum Gasteiger partial charge on any atom is 0.338 e. The normalized spacial score (nSPS) is 13.8. The molecule has 1 heterocycles. The molecule has 0 atom stereocenters. The van der Waals surface area contributed by atoms with Crippen LogP contribution < -0.4 is 4.90 Å². The van der Waals surface area contributed by atoms with E-state index in [0.717, 1.165) is 4.90 Å². The van der Waals surface area contributed by atoms with E-state index in [1.807, 2.05) is 0 Å². The monoisotopic (exact) mass is 405 g/mol. The smallest absolute Gasteiger partial charge is 0.338 e. The number of anilines is 1. The lowest BCUT2D eigenvalue weighted by atomic mass is 10.1. The number of benzene rings is 2. The van der Waals surface area contributed by atoms with Gasteiger partial charge in [-0.25, -0.2) is 4.79 Å². The van der Waals surface area contributed by atoms with E-state index in [0.29, 0.717) is 10.7 Å². The summed E-state index contributed by atoms with van der Waals surface area (Å²) in [7, 11) is 0. The summed E-state index contributed by atoms with van der Waals surface area (Å²) in [6, 6.07) is 10.2. The second-order valence-corrected chi connectivity index (χ2v) is 6.64. The highest BCUT2D eigenvalue weighted by molar-refractivity contribution is 6.36. The molecule has 2 aromatic rings. The maximum atomic E-state index is 12.1. The second kappa shape index (κ2) is 7.90. The van der Waals surface area contributed by atoms with Crippen molar-refractivity contribution in [3.05, 3.63) is 63.6 Å². The van der Waals surface area contributed by atoms with Crippen molar-refractivity contribution in [3.8, 4) is 0 Å². The Morgan fingerprint density at radius 2 is 1.59 bits per heavy atom. The van der Waals surface area contributed by atoms with Gasteiger partial charge < -0.3 is 4.74 Å². The van der Waals surface area contributed by atoms with Crippen molar-refractivity contribution in [3.63, 3.8) is 0 Å². The summed E-state index contributed by atoms with van der Waals surface area (Å²) in [5, 5.41) is 0.566. The number of halogens is 2. The number of ether oxygens (including phenoxy) is 1. The average Bonchev–Trinajstić information content (AvgIpc) is 2.98. The number of nitrogens with zero attached hydrogens (tertiary/aromatic N) is 1. The fourth-order valence-corrected chi connectivity index (χ4v) is 3.13. The lowest BCUT2D eigenvalue weighted by molar-refractivity contribution is -0.121. The number of esters is 1. The quantitative estimate of drug-likeness (QED) is 0.430. The molecule has 0 unspecified atom stereocenters. The van der Waals surface area contributed by atoms with Crippen LogP contribution in [-0.4, -0.2) is 30.2 Å². The number of carbonyl (C=O) groups is 4. The number of Topliss-reactive ketones (excluding diaryl/α,β-unsaturated/α-hetero) is 1. The maximum absolute atomic E-state index is 12.1. The molecule has 1 aliphatic heterocycles. The van der Waals surface area contributed by atoms with Crippen molar-refractivity contribution in [2.24, 2.45) is 0 Å². The molecule has 2 aromatic carbocycles. The third-order valence-corrected chi connectivity index (χ3v) is 4.53. The molecular formula is C19H13Cl2NO5. The van der Waals surface area contributed by atoms with Gasteiger partial charge in [0, 0.05) is 23.4 Å². The van der Waals surface area contributed by atoms with Crippen molar-refractivity contribution in [2.75, 3.05) is 11.5 Å². The molecule has 0 aliphatic carbocycles. The molecule has 0 bridgehead atoms. The fourth-order valence-electron chi connectivity index (χ4n) is 2.62. The van der Waals surface area contributed by atoms with Gasteiger partial charge in [0.25, 0.3) is 0 Å². The first kappa shape index (κ1) is 19.1. The zero-order valence-corrected chi connectivity index (χ0v) is 15.4. The van der Waals surface area contributed by atoms with Crippen LogP contribution >= 0.6 is 23.2 Å². The number of imide groups is 1. The molecule has 1 saturated heterocycles. The van der Waals surface area contributed by atoms with E-state index in [4.69, 9.17) is 27.9 Å². The summed E-state index contributed by atoms with van der Waals surface area (Å²) in [6.07, 6.45) is 0.357. The van der Waals surface area contributed by atoms with Crippen LogP contribution in [-0.2, 0) is 14.3 Å². The predicted molar refractivity (Wildman–Crippen MR) is 99.2 cm³/mol. The Morgan fingerprint density at radius 1 is 0.963 bits per heavy atom. The summed E-state index contributed by atoms with van der Waals surface area (Å²) >= 11 is 11.7. The van der Waals surface area contributed by atoms with Crippen LogP contribution in [0.5, 0.6) is 0 Å². The van der Waals surface area contributed by atoms with Crippen LogP contribution in [0.15, 0.2) is 42.5 Å². The lowest BCUT2D eigenvalue weighted by Crippen LogP contribution is -2.28. The van der Waals surface area contributed by atoms with Gasteiger partial charge in [0.2, 0.25) is 17.6 Å². The van der Waals surface area contributed by atoms with E-state index >= 15 is 0 Å². The minimum absolute atomic E-state index is 0.174. The molecule has 1 fully saturated rings. The third kappa shape index (κ3) is 4.18. The van der Waals surface area contributed by atoms with Crippen molar-refractivity contribution in [1.82, 2.24) is 0 Å². The number of hydrogen-bond acceptors (Lipinski definition) is 5. The molecule has 1 aliphatic rings. The van der Waals surface area contributed by atoms with E-state index in [-0.39, 0.29) is 40.8 Å². The number of carbonyl (C=O) groups excluding carboxylic acids is 4. The summed E-state index contributed by atoms with van der Waals surface area (Å²) in [6.45, 7) is -0.481. The van der Waals surface area contributed by atoms with Crippen molar-refractivity contribution in [1.29, 1.82) is 0 Å². The minimum atomic E-state index is -0.709. The van der Waals surface area contributed by atoms with Gasteiger partial charge in [-0.3, -0.25) is 19.3 Å². The Bertz CT molecular complexity index is 924. The van der Waals surface area contributed by atoms with Gasteiger partial charge in [0.15, 0.2) is 6.61 Å². The van der Waals surface area contributed by atoms with Crippen molar-refractivity contribution in [2.45, 2.75) is 12.8 Å². The third-order valence-electron chi connectivity index (χ3n) is 3.98. The SMILES string of the molecule is O=C(OCC(=O)c1ccc(Cl)cc1Cl)c1ccc(N2C(=O)CCC2=O)cc1. The average molecular weight is 406 g/mol. The number of ketones is 1. The number of amides is 2. The van der Waals surface area contributed by atoms with Gasteiger partial charge in [0.05, 0.1) is 16.3 Å². The summed E-state index contributed by atoms with van der Waals surface area (Å²) < 4.78 is 5.01. The molecule has 6 nitrogen and oxygen atoms in total. The van der Waals surface area contributed by atoms with Crippen LogP contribution in [0.1, 0.15) is 33.6 Å². The highest BCUT2D eigenvalue weighted by Gasteiger charge is 2.30. The van der Waals surface area contributed by atoms with Crippen LogP contribution in [0.3, 0.4) is 0 Å². The van der Waals surface area contributed by atoms with Crippen LogP contribution in [0, 0.1) is 0 Å². The lowest BCUT2D eigenvalue weighted by Gasteiger charge is -2.14. The Hall–Kier alpha value is -2.70. The van der Waals surface area contributed by atoms with Crippen LogP contribution in [0.4, 0.5) is 5.69 Å². The second-order valence-electron chi connectivity index (χ2n) is 5.79. The standard InChI is InChI=1S/C19H13Cl2NO5/c20-12-3-6-14(15(21)9-12)16(23)10-27-19(26)11-1-4-13(5-2-11)22-17(24)7-8-18(22)25/h1-6,9H,7-8,10H2. The molecule has 0 N–H and O–H groups in total. The summed E-state index contributed by atoms with van der Waals surface area (Å²) in [4.78, 5) is 48.8. The van der Waals surface area contributed by atoms with E-state index in [9.17, 15) is 19.2 Å². The summed E-state index contributed by atoms with van der Waals surface area (Å²) in [5.41, 5.74) is 0.784. The Balaban J connectivity index is 1.63. The van der Waals surface area contributed by atoms with Gasteiger partial charge in [-0.15, -0.1) is 0 Å². The van der Waals surface area contributed by atoms with Gasteiger partial charge in [-0.1, -0.05) is 23.2 Å². The molecule has 3 rings (SSSR count). The zero-order valence-electron chi connectivity index (χ0n) is 13.9. The first-order valence-electron chi connectivity index (χ1n) is 7.98. The molecule has 138 valence electrons. The van der Waals surface area contributed by atoms with Crippen LogP contribution in [0.25, 0.3) is 0 Å². The first-order valence-corrected chi connectivity index (χ1v) is 8.73. The van der Waals surface area contributed by atoms with Gasteiger partial charge >= 0.3 is 5.97 Å². The van der Waals surface area contributed by atoms with Crippen LogP contribution in [0.2, 0.25) is 10.0 Å². The predicted octanol–water partition coefficient (Wildman–Crippen LogP) is 3.69. The molecule has 27 heavy (non-hydrogen) atoms. The Labute approximate surface area is 164 Å². The van der Waals surface area contributed by atoms with Gasteiger partial charge in [0.1, 0.15) is 0 Å².